The maximum Gasteiger partial charge on any atom is 0.238 e. The molecule has 1 heterocycles. The first-order valence-electron chi connectivity index (χ1n) is 7.77. The van der Waals surface area contributed by atoms with E-state index in [0.29, 0.717) is 15.9 Å². The molecule has 1 unspecified atom stereocenters. The molecule has 1 atom stereocenters. The van der Waals surface area contributed by atoms with E-state index < -0.39 is 17.0 Å². The molecule has 0 spiro atoms. The minimum Gasteiger partial charge on any atom is -0.323 e. The van der Waals surface area contributed by atoms with Crippen molar-refractivity contribution in [3.8, 4) is 0 Å². The molecule has 5 nitrogen and oxygen atoms in total. The zero-order valence-electron chi connectivity index (χ0n) is 13.8. The van der Waals surface area contributed by atoms with E-state index in [1.165, 1.54) is 23.1 Å². The summed E-state index contributed by atoms with van der Waals surface area (Å²) in [7, 11) is 1.60. The summed E-state index contributed by atoms with van der Waals surface area (Å²) in [5, 5.41) is 2.74. The average molecular weight is 392 g/mol. The van der Waals surface area contributed by atoms with Crippen LogP contribution in [-0.2, 0) is 9.59 Å². The Kier molecular flexibility index (Phi) is 5.58. The second kappa shape index (κ2) is 7.88. The number of hydrogen-bond acceptors (Lipinski definition) is 4. The normalized spacial score (nSPS) is 18.9. The predicted molar refractivity (Wildman–Crippen MR) is 102 cm³/mol. The lowest BCUT2D eigenvalue weighted by atomic mass is 10.2. The first kappa shape index (κ1) is 18.4. The quantitative estimate of drug-likeness (QED) is 0.857. The largest absolute Gasteiger partial charge is 0.323 e. The standard InChI is InChI=1S/C18H15ClFN3O2S/c1-23-16(24)10-15(17(25)22-14-8-3-2-7-13(14)20)26-18(23)21-12-6-4-5-11(19)9-12/h2-9,15H,10H2,1H3,(H,22,25). The van der Waals surface area contributed by atoms with Crippen molar-refractivity contribution in [1.82, 2.24) is 4.90 Å². The van der Waals surface area contributed by atoms with Gasteiger partial charge in [-0.25, -0.2) is 9.38 Å². The number of nitrogens with zero attached hydrogens (tertiary/aromatic N) is 2. The number of carbonyl (C=O) groups is 2. The SMILES string of the molecule is CN1C(=O)CC(C(=O)Nc2ccccc2F)SC1=Nc1cccc(Cl)c1. The van der Waals surface area contributed by atoms with E-state index in [1.807, 2.05) is 0 Å². The van der Waals surface area contributed by atoms with Crippen LogP contribution in [0.4, 0.5) is 15.8 Å². The predicted octanol–water partition coefficient (Wildman–Crippen LogP) is 4.07. The summed E-state index contributed by atoms with van der Waals surface area (Å²) in [6.07, 6.45) is 0.00994. The smallest absolute Gasteiger partial charge is 0.238 e. The average Bonchev–Trinajstić information content (AvgIpc) is 2.60. The number of aliphatic imine (C=N–C) groups is 1. The number of halogens is 2. The Morgan fingerprint density at radius 2 is 2.08 bits per heavy atom. The van der Waals surface area contributed by atoms with Crippen LogP contribution >= 0.6 is 23.4 Å². The topological polar surface area (TPSA) is 61.8 Å². The fourth-order valence-corrected chi connectivity index (χ4v) is 3.58. The number of amides is 2. The molecule has 1 aliphatic heterocycles. The van der Waals surface area contributed by atoms with Gasteiger partial charge in [-0.3, -0.25) is 14.5 Å². The summed E-state index contributed by atoms with van der Waals surface area (Å²) in [5.74, 6) is -1.21. The number of benzene rings is 2. The van der Waals surface area contributed by atoms with Crippen molar-refractivity contribution in [2.45, 2.75) is 11.7 Å². The molecular formula is C18H15ClFN3O2S. The van der Waals surface area contributed by atoms with Crippen molar-refractivity contribution in [2.24, 2.45) is 4.99 Å². The molecule has 1 saturated heterocycles. The van der Waals surface area contributed by atoms with Gasteiger partial charge in [0.25, 0.3) is 0 Å². The van der Waals surface area contributed by atoms with Crippen molar-refractivity contribution >= 4 is 51.7 Å². The zero-order chi connectivity index (χ0) is 18.7. The summed E-state index contributed by atoms with van der Waals surface area (Å²) in [6, 6.07) is 12.8. The first-order chi connectivity index (χ1) is 12.4. The molecule has 2 amide bonds. The molecule has 2 aromatic rings. The van der Waals surface area contributed by atoms with Gasteiger partial charge in [0.05, 0.1) is 11.4 Å². The van der Waals surface area contributed by atoms with Crippen LogP contribution in [0.1, 0.15) is 6.42 Å². The summed E-state index contributed by atoms with van der Waals surface area (Å²) < 4.78 is 13.7. The van der Waals surface area contributed by atoms with E-state index in [1.54, 1.807) is 37.4 Å². The van der Waals surface area contributed by atoms with Crippen LogP contribution in [0.2, 0.25) is 5.02 Å². The molecule has 1 fully saturated rings. The van der Waals surface area contributed by atoms with Crippen molar-refractivity contribution in [3.05, 3.63) is 59.4 Å². The van der Waals surface area contributed by atoms with E-state index in [-0.39, 0.29) is 18.0 Å². The number of para-hydroxylation sites is 1. The molecule has 26 heavy (non-hydrogen) atoms. The minimum absolute atomic E-state index is 0.00994. The maximum absolute atomic E-state index is 13.7. The lowest BCUT2D eigenvalue weighted by Crippen LogP contribution is -2.43. The Bertz CT molecular complexity index is 890. The van der Waals surface area contributed by atoms with Gasteiger partial charge < -0.3 is 5.32 Å². The third-order valence-electron chi connectivity index (χ3n) is 3.73. The van der Waals surface area contributed by atoms with E-state index in [0.717, 1.165) is 11.8 Å². The van der Waals surface area contributed by atoms with Gasteiger partial charge in [0, 0.05) is 18.5 Å². The van der Waals surface area contributed by atoms with Crippen LogP contribution in [0.15, 0.2) is 53.5 Å². The van der Waals surface area contributed by atoms with E-state index >= 15 is 0 Å². The summed E-state index contributed by atoms with van der Waals surface area (Å²) in [6.45, 7) is 0. The fraction of sp³-hybridized carbons (Fsp3) is 0.167. The van der Waals surface area contributed by atoms with Crippen molar-refractivity contribution in [3.63, 3.8) is 0 Å². The van der Waals surface area contributed by atoms with Gasteiger partial charge in [0.2, 0.25) is 11.8 Å². The van der Waals surface area contributed by atoms with Crippen molar-refractivity contribution in [2.75, 3.05) is 12.4 Å². The highest BCUT2D eigenvalue weighted by atomic mass is 35.5. The number of hydrogen-bond donors (Lipinski definition) is 1. The van der Waals surface area contributed by atoms with Crippen LogP contribution in [0, 0.1) is 5.82 Å². The van der Waals surface area contributed by atoms with E-state index in [9.17, 15) is 14.0 Å². The zero-order valence-corrected chi connectivity index (χ0v) is 15.4. The summed E-state index contributed by atoms with van der Waals surface area (Å²) in [4.78, 5) is 30.5. The minimum atomic E-state index is -0.698. The van der Waals surface area contributed by atoms with Crippen LogP contribution in [0.3, 0.4) is 0 Å². The first-order valence-corrected chi connectivity index (χ1v) is 9.02. The van der Waals surface area contributed by atoms with Crippen molar-refractivity contribution in [1.29, 1.82) is 0 Å². The molecular weight excluding hydrogens is 377 g/mol. The second-order valence-electron chi connectivity index (χ2n) is 5.61. The monoisotopic (exact) mass is 391 g/mol. The third-order valence-corrected chi connectivity index (χ3v) is 5.20. The Labute approximate surface area is 159 Å². The van der Waals surface area contributed by atoms with E-state index in [2.05, 4.69) is 10.3 Å². The number of thioether (sulfide) groups is 1. The Morgan fingerprint density at radius 3 is 2.81 bits per heavy atom. The van der Waals surface area contributed by atoms with Gasteiger partial charge >= 0.3 is 0 Å². The third kappa shape index (κ3) is 4.23. The van der Waals surface area contributed by atoms with Crippen LogP contribution in [0.5, 0.6) is 0 Å². The molecule has 8 heteroatoms. The molecule has 1 N–H and O–H groups in total. The number of anilines is 1. The Hall–Kier alpha value is -2.38. The highest BCUT2D eigenvalue weighted by Gasteiger charge is 2.34. The fourth-order valence-electron chi connectivity index (χ4n) is 2.33. The lowest BCUT2D eigenvalue weighted by Gasteiger charge is -2.28. The van der Waals surface area contributed by atoms with Gasteiger partial charge in [-0.2, -0.15) is 0 Å². The molecule has 1 aliphatic rings. The summed E-state index contributed by atoms with van der Waals surface area (Å²) in [5.41, 5.74) is 0.660. The molecule has 0 aromatic heterocycles. The Balaban J connectivity index is 1.80. The summed E-state index contributed by atoms with van der Waals surface area (Å²) >= 11 is 7.11. The highest BCUT2D eigenvalue weighted by molar-refractivity contribution is 8.15. The molecule has 0 bridgehead atoms. The van der Waals surface area contributed by atoms with Crippen LogP contribution in [0.25, 0.3) is 0 Å². The lowest BCUT2D eigenvalue weighted by molar-refractivity contribution is -0.128. The molecule has 0 aliphatic carbocycles. The highest BCUT2D eigenvalue weighted by Crippen LogP contribution is 2.29. The van der Waals surface area contributed by atoms with Crippen LogP contribution < -0.4 is 5.32 Å². The molecule has 3 rings (SSSR count). The van der Waals surface area contributed by atoms with Gasteiger partial charge in [0.15, 0.2) is 5.17 Å². The van der Waals surface area contributed by atoms with Gasteiger partial charge in [-0.05, 0) is 30.3 Å². The molecule has 0 saturated carbocycles. The number of rotatable bonds is 3. The van der Waals surface area contributed by atoms with Gasteiger partial charge in [0.1, 0.15) is 11.1 Å². The molecule has 134 valence electrons. The number of nitrogens with one attached hydrogen (secondary N) is 1. The maximum atomic E-state index is 13.7. The number of amidine groups is 1. The van der Waals surface area contributed by atoms with E-state index in [4.69, 9.17) is 11.6 Å². The van der Waals surface area contributed by atoms with Crippen molar-refractivity contribution < 1.29 is 14.0 Å². The van der Waals surface area contributed by atoms with Gasteiger partial charge in [-0.1, -0.05) is 41.6 Å². The van der Waals surface area contributed by atoms with Crippen LogP contribution in [-0.4, -0.2) is 34.2 Å². The molecule has 0 radical (unpaired) electrons. The Morgan fingerprint density at radius 1 is 1.31 bits per heavy atom. The second-order valence-corrected chi connectivity index (χ2v) is 7.21. The number of carbonyl (C=O) groups excluding carboxylic acids is 2. The molecule has 2 aromatic carbocycles. The van der Waals surface area contributed by atoms with Gasteiger partial charge in [-0.15, -0.1) is 0 Å².